The lowest BCUT2D eigenvalue weighted by molar-refractivity contribution is -0.136. The number of halogens is 1. The van der Waals surface area contributed by atoms with E-state index in [4.69, 9.17) is 16.7 Å². The number of carboxylic acids is 1. The molecule has 4 nitrogen and oxygen atoms in total. The Morgan fingerprint density at radius 2 is 2.20 bits per heavy atom. The van der Waals surface area contributed by atoms with Crippen molar-refractivity contribution in [2.45, 2.75) is 6.42 Å². The minimum absolute atomic E-state index is 0.0205. The molecule has 1 aromatic heterocycles. The van der Waals surface area contributed by atoms with Crippen LogP contribution in [0.2, 0.25) is 5.02 Å². The number of aromatic amines is 1. The summed E-state index contributed by atoms with van der Waals surface area (Å²) in [7, 11) is 0. The van der Waals surface area contributed by atoms with E-state index in [0.717, 1.165) is 5.39 Å². The largest absolute Gasteiger partial charge is 0.506 e. The van der Waals surface area contributed by atoms with Crippen molar-refractivity contribution >= 4 is 28.5 Å². The number of hydrogen-bond acceptors (Lipinski definition) is 2. The highest BCUT2D eigenvalue weighted by atomic mass is 35.5. The molecule has 0 saturated heterocycles. The number of rotatable bonds is 2. The molecule has 0 amide bonds. The van der Waals surface area contributed by atoms with Gasteiger partial charge < -0.3 is 15.2 Å². The first-order chi connectivity index (χ1) is 7.09. The fourth-order valence-corrected chi connectivity index (χ4v) is 1.74. The molecule has 5 heteroatoms. The van der Waals surface area contributed by atoms with E-state index in [1.807, 2.05) is 0 Å². The first-order valence-electron chi connectivity index (χ1n) is 4.29. The first-order valence-corrected chi connectivity index (χ1v) is 4.66. The monoisotopic (exact) mass is 225 g/mol. The number of phenolic OH excluding ortho intramolecular Hbond substituents is 1. The van der Waals surface area contributed by atoms with E-state index in [1.54, 1.807) is 12.3 Å². The lowest BCUT2D eigenvalue weighted by Gasteiger charge is -1.98. The van der Waals surface area contributed by atoms with Crippen LogP contribution in [0.15, 0.2) is 18.3 Å². The second-order valence-electron chi connectivity index (χ2n) is 3.21. The molecule has 0 atom stereocenters. The zero-order valence-corrected chi connectivity index (χ0v) is 8.38. The van der Waals surface area contributed by atoms with Crippen LogP contribution in [0.3, 0.4) is 0 Å². The van der Waals surface area contributed by atoms with Crippen LogP contribution in [0.25, 0.3) is 10.9 Å². The molecule has 15 heavy (non-hydrogen) atoms. The maximum absolute atomic E-state index is 10.6. The van der Waals surface area contributed by atoms with E-state index < -0.39 is 5.97 Å². The predicted octanol–water partition coefficient (Wildman–Crippen LogP) is 2.15. The molecule has 0 aliphatic heterocycles. The average Bonchev–Trinajstić information content (AvgIpc) is 2.55. The van der Waals surface area contributed by atoms with Gasteiger partial charge in [0.2, 0.25) is 0 Å². The number of phenols is 1. The van der Waals surface area contributed by atoms with Crippen LogP contribution < -0.4 is 0 Å². The van der Waals surface area contributed by atoms with E-state index in [1.165, 1.54) is 6.07 Å². The Kier molecular flexibility index (Phi) is 2.28. The Balaban J connectivity index is 2.61. The van der Waals surface area contributed by atoms with E-state index in [9.17, 15) is 9.90 Å². The maximum Gasteiger partial charge on any atom is 0.307 e. The zero-order valence-electron chi connectivity index (χ0n) is 7.62. The number of hydrogen-bond donors (Lipinski definition) is 3. The van der Waals surface area contributed by atoms with Gasteiger partial charge in [0.1, 0.15) is 10.8 Å². The van der Waals surface area contributed by atoms with Gasteiger partial charge in [-0.25, -0.2) is 0 Å². The van der Waals surface area contributed by atoms with Crippen molar-refractivity contribution in [2.24, 2.45) is 0 Å². The molecule has 1 aromatic carbocycles. The van der Waals surface area contributed by atoms with Gasteiger partial charge in [-0.15, -0.1) is 0 Å². The Labute approximate surface area is 90.1 Å². The van der Waals surface area contributed by atoms with Crippen LogP contribution in [-0.2, 0) is 11.2 Å². The SMILES string of the molecule is O=C(O)Cc1c[nH]c2c(Cl)c(O)ccc12. The number of carboxylic acid groups (broad SMARTS) is 1. The standard InChI is InChI=1S/C10H8ClNO3/c11-9-7(13)2-1-6-5(3-8(14)15)4-12-10(6)9/h1-2,4,12-13H,3H2,(H,14,15). The number of benzene rings is 1. The van der Waals surface area contributed by atoms with Gasteiger partial charge in [-0.05, 0) is 17.7 Å². The molecule has 2 rings (SSSR count). The number of aliphatic carboxylic acids is 1. The maximum atomic E-state index is 10.6. The molecule has 1 heterocycles. The second kappa shape index (κ2) is 3.47. The van der Waals surface area contributed by atoms with Crippen LogP contribution in [-0.4, -0.2) is 21.2 Å². The van der Waals surface area contributed by atoms with Gasteiger partial charge >= 0.3 is 5.97 Å². The smallest absolute Gasteiger partial charge is 0.307 e. The number of nitrogens with one attached hydrogen (secondary N) is 1. The summed E-state index contributed by atoms with van der Waals surface area (Å²) < 4.78 is 0. The minimum atomic E-state index is -0.903. The van der Waals surface area contributed by atoms with Crippen LogP contribution >= 0.6 is 11.6 Å². The van der Waals surface area contributed by atoms with Crippen LogP contribution in [0.1, 0.15) is 5.56 Å². The van der Waals surface area contributed by atoms with Gasteiger partial charge in [0, 0.05) is 11.6 Å². The van der Waals surface area contributed by atoms with Crippen molar-refractivity contribution in [3.8, 4) is 5.75 Å². The lowest BCUT2D eigenvalue weighted by atomic mass is 10.1. The van der Waals surface area contributed by atoms with E-state index in [0.29, 0.717) is 11.1 Å². The molecule has 2 aromatic rings. The summed E-state index contributed by atoms with van der Waals surface area (Å²) in [4.78, 5) is 13.4. The molecule has 0 bridgehead atoms. The molecule has 78 valence electrons. The summed E-state index contributed by atoms with van der Waals surface area (Å²) in [6.45, 7) is 0. The molecular formula is C10H8ClNO3. The molecule has 0 saturated carbocycles. The highest BCUT2D eigenvalue weighted by Crippen LogP contribution is 2.32. The summed E-state index contributed by atoms with van der Waals surface area (Å²) in [5, 5.41) is 18.9. The van der Waals surface area contributed by atoms with Gasteiger partial charge in [-0.3, -0.25) is 4.79 Å². The molecule has 0 unspecified atom stereocenters. The number of H-pyrrole nitrogens is 1. The summed E-state index contributed by atoms with van der Waals surface area (Å²) in [6.07, 6.45) is 1.52. The van der Waals surface area contributed by atoms with Gasteiger partial charge in [-0.2, -0.15) is 0 Å². The van der Waals surface area contributed by atoms with Crippen LogP contribution in [0, 0.1) is 0 Å². The Hall–Kier alpha value is -1.68. The summed E-state index contributed by atoms with van der Waals surface area (Å²) in [6, 6.07) is 3.09. The van der Waals surface area contributed by atoms with Crippen LogP contribution in [0.5, 0.6) is 5.75 Å². The average molecular weight is 226 g/mol. The van der Waals surface area contributed by atoms with Crippen molar-refractivity contribution in [3.05, 3.63) is 28.9 Å². The second-order valence-corrected chi connectivity index (χ2v) is 3.58. The van der Waals surface area contributed by atoms with Crippen molar-refractivity contribution in [1.29, 1.82) is 0 Å². The minimum Gasteiger partial charge on any atom is -0.506 e. The third-order valence-electron chi connectivity index (χ3n) is 2.20. The summed E-state index contributed by atoms with van der Waals surface area (Å²) >= 11 is 5.85. The normalized spacial score (nSPS) is 10.7. The fourth-order valence-electron chi connectivity index (χ4n) is 1.52. The lowest BCUT2D eigenvalue weighted by Crippen LogP contribution is -1.98. The topological polar surface area (TPSA) is 73.3 Å². The number of aromatic nitrogens is 1. The molecule has 0 radical (unpaired) electrons. The molecular weight excluding hydrogens is 218 g/mol. The zero-order chi connectivity index (χ0) is 11.0. The Bertz CT molecular complexity index is 533. The number of aromatic hydroxyl groups is 1. The van der Waals surface area contributed by atoms with Crippen molar-refractivity contribution in [3.63, 3.8) is 0 Å². The first kappa shape index (κ1) is 9.86. The summed E-state index contributed by atoms with van der Waals surface area (Å²) in [5.74, 6) is -0.923. The summed E-state index contributed by atoms with van der Waals surface area (Å²) in [5.41, 5.74) is 1.22. The molecule has 3 N–H and O–H groups in total. The fraction of sp³-hybridized carbons (Fsp3) is 0.100. The van der Waals surface area contributed by atoms with E-state index in [2.05, 4.69) is 4.98 Å². The highest BCUT2D eigenvalue weighted by Gasteiger charge is 2.11. The Morgan fingerprint density at radius 1 is 1.47 bits per heavy atom. The predicted molar refractivity (Wildman–Crippen MR) is 56.3 cm³/mol. The van der Waals surface area contributed by atoms with E-state index >= 15 is 0 Å². The third kappa shape index (κ3) is 1.64. The molecule has 0 aliphatic rings. The molecule has 0 spiro atoms. The van der Waals surface area contributed by atoms with Crippen molar-refractivity contribution < 1.29 is 15.0 Å². The Morgan fingerprint density at radius 3 is 2.87 bits per heavy atom. The molecule has 0 aliphatic carbocycles. The van der Waals surface area contributed by atoms with Gasteiger partial charge in [0.25, 0.3) is 0 Å². The highest BCUT2D eigenvalue weighted by molar-refractivity contribution is 6.36. The van der Waals surface area contributed by atoms with Crippen molar-refractivity contribution in [1.82, 2.24) is 4.98 Å². The number of fused-ring (bicyclic) bond motifs is 1. The van der Waals surface area contributed by atoms with Gasteiger partial charge in [0.05, 0.1) is 11.9 Å². The van der Waals surface area contributed by atoms with Gasteiger partial charge in [-0.1, -0.05) is 11.6 Å². The third-order valence-corrected chi connectivity index (χ3v) is 2.58. The molecule has 0 fully saturated rings. The van der Waals surface area contributed by atoms with Crippen LogP contribution in [0.4, 0.5) is 0 Å². The van der Waals surface area contributed by atoms with Crippen molar-refractivity contribution in [2.75, 3.05) is 0 Å². The van der Waals surface area contributed by atoms with Gasteiger partial charge in [0.15, 0.2) is 0 Å². The number of carbonyl (C=O) groups is 1. The van der Waals surface area contributed by atoms with E-state index in [-0.39, 0.29) is 17.2 Å². The quantitative estimate of drug-likeness (QED) is 0.733.